The molecule has 0 saturated heterocycles. The number of ether oxygens (including phenoxy) is 4. The Balaban J connectivity index is 5.10. The van der Waals surface area contributed by atoms with Crippen LogP contribution >= 0.6 is 0 Å². The van der Waals surface area contributed by atoms with Crippen molar-refractivity contribution in [2.45, 2.75) is 26.1 Å². The standard InChI is InChI=1S/C12H14O8/c1-3-5-17-11(15)9(19-7-13)10(20-8-14)12(16)18-6-4-2/h3-10H,1-2H3/b5-3-,6-4-. The zero-order valence-electron chi connectivity index (χ0n) is 10.9. The summed E-state index contributed by atoms with van der Waals surface area (Å²) in [7, 11) is 0. The van der Waals surface area contributed by atoms with E-state index in [4.69, 9.17) is 0 Å². The zero-order valence-corrected chi connectivity index (χ0v) is 10.9. The summed E-state index contributed by atoms with van der Waals surface area (Å²) in [5, 5.41) is 0. The Morgan fingerprint density at radius 1 is 0.800 bits per heavy atom. The lowest BCUT2D eigenvalue weighted by Gasteiger charge is -2.19. The van der Waals surface area contributed by atoms with E-state index in [-0.39, 0.29) is 12.9 Å². The highest BCUT2D eigenvalue weighted by atomic mass is 16.6. The fourth-order valence-electron chi connectivity index (χ4n) is 1.03. The van der Waals surface area contributed by atoms with Gasteiger partial charge in [-0.2, -0.15) is 0 Å². The van der Waals surface area contributed by atoms with Crippen molar-refractivity contribution in [1.82, 2.24) is 0 Å². The van der Waals surface area contributed by atoms with Gasteiger partial charge < -0.3 is 18.9 Å². The van der Waals surface area contributed by atoms with Crippen LogP contribution in [0.15, 0.2) is 24.7 Å². The van der Waals surface area contributed by atoms with Gasteiger partial charge in [0.2, 0.25) is 12.2 Å². The first-order valence-corrected chi connectivity index (χ1v) is 5.43. The Labute approximate surface area is 114 Å². The first kappa shape index (κ1) is 17.4. The number of esters is 2. The topological polar surface area (TPSA) is 105 Å². The molecule has 0 N–H and O–H groups in total. The zero-order chi connectivity index (χ0) is 15.4. The van der Waals surface area contributed by atoms with Crippen molar-refractivity contribution in [3.63, 3.8) is 0 Å². The molecule has 0 aromatic rings. The van der Waals surface area contributed by atoms with E-state index in [2.05, 4.69) is 18.9 Å². The maximum atomic E-state index is 11.6. The van der Waals surface area contributed by atoms with Crippen LogP contribution in [-0.4, -0.2) is 37.1 Å². The fourth-order valence-corrected chi connectivity index (χ4v) is 1.03. The second-order valence-corrected chi connectivity index (χ2v) is 3.12. The maximum Gasteiger partial charge on any atom is 0.356 e. The lowest BCUT2D eigenvalue weighted by atomic mass is 10.2. The highest BCUT2D eigenvalue weighted by molar-refractivity contribution is 5.87. The average molecular weight is 286 g/mol. The van der Waals surface area contributed by atoms with Gasteiger partial charge in [-0.05, 0) is 13.8 Å². The van der Waals surface area contributed by atoms with E-state index < -0.39 is 24.1 Å². The molecule has 0 aliphatic rings. The summed E-state index contributed by atoms with van der Waals surface area (Å²) in [5.74, 6) is -2.20. The first-order chi connectivity index (χ1) is 9.62. The lowest BCUT2D eigenvalue weighted by Crippen LogP contribution is -2.44. The monoisotopic (exact) mass is 286 g/mol. The van der Waals surface area contributed by atoms with Crippen molar-refractivity contribution in [2.24, 2.45) is 0 Å². The number of rotatable bonds is 9. The van der Waals surface area contributed by atoms with Gasteiger partial charge in [-0.25, -0.2) is 9.59 Å². The number of carbonyl (C=O) groups is 4. The quantitative estimate of drug-likeness (QED) is 0.256. The molecule has 0 rings (SSSR count). The van der Waals surface area contributed by atoms with Gasteiger partial charge >= 0.3 is 11.9 Å². The summed E-state index contributed by atoms with van der Waals surface area (Å²) in [6.45, 7) is 2.99. The lowest BCUT2D eigenvalue weighted by molar-refractivity contribution is -0.179. The molecule has 8 nitrogen and oxygen atoms in total. The third kappa shape index (κ3) is 5.80. The molecule has 2 unspecified atom stereocenters. The van der Waals surface area contributed by atoms with E-state index >= 15 is 0 Å². The summed E-state index contributed by atoms with van der Waals surface area (Å²) in [6.07, 6.45) is 1.27. The van der Waals surface area contributed by atoms with Crippen LogP contribution in [0, 0.1) is 0 Å². The smallest absolute Gasteiger partial charge is 0.356 e. The van der Waals surface area contributed by atoms with Crippen molar-refractivity contribution >= 4 is 24.9 Å². The van der Waals surface area contributed by atoms with Crippen LogP contribution in [0.25, 0.3) is 0 Å². The van der Waals surface area contributed by atoms with Crippen LogP contribution in [0.5, 0.6) is 0 Å². The van der Waals surface area contributed by atoms with Crippen LogP contribution < -0.4 is 0 Å². The van der Waals surface area contributed by atoms with Crippen LogP contribution in [0.2, 0.25) is 0 Å². The molecule has 110 valence electrons. The minimum absolute atomic E-state index is 0.0777. The summed E-state index contributed by atoms with van der Waals surface area (Å²) in [5.41, 5.74) is 0. The first-order valence-electron chi connectivity index (χ1n) is 5.43. The Hall–Kier alpha value is -2.64. The van der Waals surface area contributed by atoms with Crippen molar-refractivity contribution in [1.29, 1.82) is 0 Å². The normalized spacial score (nSPS) is 13.5. The predicted molar refractivity (Wildman–Crippen MR) is 63.7 cm³/mol. The van der Waals surface area contributed by atoms with Crippen molar-refractivity contribution < 1.29 is 38.1 Å². The minimum atomic E-state index is -1.77. The van der Waals surface area contributed by atoms with Gasteiger partial charge in [0, 0.05) is 0 Å². The highest BCUT2D eigenvalue weighted by Crippen LogP contribution is 2.08. The van der Waals surface area contributed by atoms with Crippen LogP contribution in [0.4, 0.5) is 0 Å². The van der Waals surface area contributed by atoms with Gasteiger partial charge in [-0.15, -0.1) is 0 Å². The molecule has 0 bridgehead atoms. The van der Waals surface area contributed by atoms with E-state index in [0.717, 1.165) is 12.5 Å². The van der Waals surface area contributed by atoms with E-state index in [1.807, 2.05) is 0 Å². The van der Waals surface area contributed by atoms with Crippen molar-refractivity contribution in [3.05, 3.63) is 24.7 Å². The maximum absolute atomic E-state index is 11.6. The Kier molecular flexibility index (Phi) is 8.94. The van der Waals surface area contributed by atoms with Gasteiger partial charge in [0.05, 0.1) is 12.5 Å². The van der Waals surface area contributed by atoms with Crippen LogP contribution in [0.1, 0.15) is 13.8 Å². The number of hydrogen-bond donors (Lipinski definition) is 0. The van der Waals surface area contributed by atoms with Crippen LogP contribution in [-0.2, 0) is 38.1 Å². The molecule has 0 aliphatic carbocycles. The van der Waals surface area contributed by atoms with Gasteiger partial charge in [0.25, 0.3) is 12.9 Å². The molecule has 8 heteroatoms. The van der Waals surface area contributed by atoms with Gasteiger partial charge in [-0.1, -0.05) is 12.2 Å². The fraction of sp³-hybridized carbons (Fsp3) is 0.333. The summed E-state index contributed by atoms with van der Waals surface area (Å²) < 4.78 is 18.0. The molecule has 20 heavy (non-hydrogen) atoms. The largest absolute Gasteiger partial charge is 0.448 e. The van der Waals surface area contributed by atoms with Gasteiger partial charge in [0.1, 0.15) is 0 Å². The molecule has 0 saturated carbocycles. The molecule has 0 aromatic heterocycles. The summed E-state index contributed by atoms with van der Waals surface area (Å²) in [6, 6.07) is 0. The highest BCUT2D eigenvalue weighted by Gasteiger charge is 2.39. The molecule has 2 atom stereocenters. The molecule has 0 fully saturated rings. The SMILES string of the molecule is C/C=C\OC(=O)C(OC=O)C(OC=O)C(=O)O/C=C\C. The van der Waals surface area contributed by atoms with E-state index in [1.54, 1.807) is 13.8 Å². The predicted octanol–water partition coefficient (Wildman–Crippen LogP) is 0.223. The second kappa shape index (κ2) is 10.3. The molecule has 0 spiro atoms. The third-order valence-electron chi connectivity index (χ3n) is 1.78. The average Bonchev–Trinajstić information content (AvgIpc) is 2.45. The van der Waals surface area contributed by atoms with Gasteiger partial charge in [0.15, 0.2) is 0 Å². The third-order valence-corrected chi connectivity index (χ3v) is 1.78. The Morgan fingerprint density at radius 2 is 1.15 bits per heavy atom. The number of carbonyl (C=O) groups excluding carboxylic acids is 4. The summed E-state index contributed by atoms with van der Waals surface area (Å²) >= 11 is 0. The van der Waals surface area contributed by atoms with Crippen molar-refractivity contribution in [2.75, 3.05) is 0 Å². The molecule has 0 radical (unpaired) electrons. The second-order valence-electron chi connectivity index (χ2n) is 3.12. The molecule has 0 aliphatic heterocycles. The van der Waals surface area contributed by atoms with Crippen LogP contribution in [0.3, 0.4) is 0 Å². The van der Waals surface area contributed by atoms with Gasteiger partial charge in [-0.3, -0.25) is 9.59 Å². The van der Waals surface area contributed by atoms with E-state index in [0.29, 0.717) is 0 Å². The Bertz CT molecular complexity index is 360. The van der Waals surface area contributed by atoms with E-state index in [1.165, 1.54) is 12.2 Å². The molecule has 0 heterocycles. The molecular formula is C12H14O8. The minimum Gasteiger partial charge on any atom is -0.448 e. The number of hydrogen-bond acceptors (Lipinski definition) is 8. The number of allylic oxidation sites excluding steroid dienone is 2. The molecule has 0 aromatic carbocycles. The molecular weight excluding hydrogens is 272 g/mol. The summed E-state index contributed by atoms with van der Waals surface area (Å²) in [4.78, 5) is 44.0. The van der Waals surface area contributed by atoms with E-state index in [9.17, 15) is 19.2 Å². The molecule has 0 amide bonds. The Morgan fingerprint density at radius 3 is 1.40 bits per heavy atom. The van der Waals surface area contributed by atoms with Crippen molar-refractivity contribution in [3.8, 4) is 0 Å².